The first-order valence-electron chi connectivity index (χ1n) is 5.06. The largest absolute Gasteiger partial charge is 0.443 e. The minimum atomic E-state index is -4.44. The molecule has 0 bridgehead atoms. The molecule has 2 rings (SSSR count). The second kappa shape index (κ2) is 4.52. The molecule has 0 saturated heterocycles. The van der Waals surface area contributed by atoms with Crippen molar-refractivity contribution >= 4 is 17.2 Å². The van der Waals surface area contributed by atoms with Crippen molar-refractivity contribution in [1.82, 2.24) is 15.0 Å². The van der Waals surface area contributed by atoms with Crippen LogP contribution in [-0.2, 0) is 12.6 Å². The van der Waals surface area contributed by atoms with E-state index in [1.807, 2.05) is 6.92 Å². The Balaban J connectivity index is 2.50. The lowest BCUT2D eigenvalue weighted by Gasteiger charge is -2.06. The van der Waals surface area contributed by atoms with Gasteiger partial charge in [-0.05, 0) is 6.42 Å². The Kier molecular flexibility index (Phi) is 3.20. The van der Waals surface area contributed by atoms with Gasteiger partial charge in [0, 0.05) is 11.8 Å². The first kappa shape index (κ1) is 12.7. The summed E-state index contributed by atoms with van der Waals surface area (Å²) in [5.41, 5.74) is 6.72. The summed E-state index contributed by atoms with van der Waals surface area (Å²) in [4.78, 5) is 11.5. The standard InChI is InChI=1S/C10H9F3N4S/c1-2-5-7(16-4-17-8(5)14)6-3-15-9(18-6)10(11,12)13/h3-4H,2H2,1H3,(H2,14,16,17). The van der Waals surface area contributed by atoms with E-state index in [-0.39, 0.29) is 5.82 Å². The lowest BCUT2D eigenvalue weighted by atomic mass is 10.1. The molecule has 0 atom stereocenters. The molecule has 2 aromatic rings. The maximum Gasteiger partial charge on any atom is 0.443 e. The minimum absolute atomic E-state index is 0.282. The van der Waals surface area contributed by atoms with Gasteiger partial charge in [-0.2, -0.15) is 13.2 Å². The number of rotatable bonds is 2. The topological polar surface area (TPSA) is 64.7 Å². The molecule has 0 aliphatic heterocycles. The zero-order chi connectivity index (χ0) is 13.3. The molecule has 0 aliphatic rings. The van der Waals surface area contributed by atoms with E-state index in [2.05, 4.69) is 15.0 Å². The van der Waals surface area contributed by atoms with E-state index in [9.17, 15) is 13.2 Å². The van der Waals surface area contributed by atoms with Crippen LogP contribution < -0.4 is 5.73 Å². The van der Waals surface area contributed by atoms with Crippen molar-refractivity contribution in [1.29, 1.82) is 0 Å². The van der Waals surface area contributed by atoms with Crippen LogP contribution in [-0.4, -0.2) is 15.0 Å². The summed E-state index contributed by atoms with van der Waals surface area (Å²) in [7, 11) is 0. The normalized spacial score (nSPS) is 11.8. The van der Waals surface area contributed by atoms with Crippen molar-refractivity contribution in [2.75, 3.05) is 5.73 Å². The van der Waals surface area contributed by atoms with Crippen LogP contribution >= 0.6 is 11.3 Å². The Hall–Kier alpha value is -1.70. The molecule has 0 amide bonds. The van der Waals surface area contributed by atoms with Crippen molar-refractivity contribution in [2.45, 2.75) is 19.5 Å². The van der Waals surface area contributed by atoms with E-state index in [0.29, 0.717) is 33.9 Å². The molecule has 0 saturated carbocycles. The highest BCUT2D eigenvalue weighted by Crippen LogP contribution is 2.37. The van der Waals surface area contributed by atoms with Gasteiger partial charge in [0.05, 0.1) is 10.6 Å². The Morgan fingerprint density at radius 3 is 2.56 bits per heavy atom. The highest BCUT2D eigenvalue weighted by atomic mass is 32.1. The summed E-state index contributed by atoms with van der Waals surface area (Å²) in [6.07, 6.45) is -1.50. The Morgan fingerprint density at radius 1 is 1.28 bits per heavy atom. The van der Waals surface area contributed by atoms with Gasteiger partial charge in [-0.1, -0.05) is 6.92 Å². The predicted octanol–water partition coefficient (Wildman–Crippen LogP) is 2.76. The molecule has 2 heterocycles. The van der Waals surface area contributed by atoms with E-state index in [1.165, 1.54) is 6.33 Å². The van der Waals surface area contributed by atoms with Crippen LogP contribution in [0.5, 0.6) is 0 Å². The van der Waals surface area contributed by atoms with Crippen LogP contribution in [0.3, 0.4) is 0 Å². The van der Waals surface area contributed by atoms with Gasteiger partial charge in [0.15, 0.2) is 5.01 Å². The van der Waals surface area contributed by atoms with E-state index in [0.717, 1.165) is 6.20 Å². The van der Waals surface area contributed by atoms with E-state index < -0.39 is 11.2 Å². The molecule has 0 fully saturated rings. The number of halogens is 3. The molecule has 8 heteroatoms. The average Bonchev–Trinajstić information content (AvgIpc) is 2.77. The van der Waals surface area contributed by atoms with Crippen LogP contribution in [0, 0.1) is 0 Å². The van der Waals surface area contributed by atoms with Gasteiger partial charge in [-0.25, -0.2) is 15.0 Å². The lowest BCUT2D eigenvalue weighted by molar-refractivity contribution is -0.137. The third kappa shape index (κ3) is 2.28. The van der Waals surface area contributed by atoms with Crippen molar-refractivity contribution in [3.63, 3.8) is 0 Å². The van der Waals surface area contributed by atoms with Crippen LogP contribution in [0.1, 0.15) is 17.5 Å². The smallest absolute Gasteiger partial charge is 0.383 e. The number of nitrogens with zero attached hydrogens (tertiary/aromatic N) is 3. The first-order chi connectivity index (χ1) is 8.43. The van der Waals surface area contributed by atoms with Gasteiger partial charge in [0.1, 0.15) is 12.1 Å². The first-order valence-corrected chi connectivity index (χ1v) is 5.88. The van der Waals surface area contributed by atoms with Crippen LogP contribution in [0.25, 0.3) is 10.6 Å². The fourth-order valence-corrected chi connectivity index (χ4v) is 2.31. The number of alkyl halides is 3. The third-order valence-electron chi connectivity index (χ3n) is 2.31. The third-order valence-corrected chi connectivity index (χ3v) is 3.36. The predicted molar refractivity (Wildman–Crippen MR) is 61.9 cm³/mol. The molecular weight excluding hydrogens is 265 g/mol. The molecule has 0 unspecified atom stereocenters. The van der Waals surface area contributed by atoms with Crippen molar-refractivity contribution in [3.8, 4) is 10.6 Å². The molecule has 2 N–H and O–H groups in total. The van der Waals surface area contributed by atoms with Crippen LogP contribution in [0.15, 0.2) is 12.5 Å². The highest BCUT2D eigenvalue weighted by Gasteiger charge is 2.35. The lowest BCUT2D eigenvalue weighted by Crippen LogP contribution is -2.03. The second-order valence-electron chi connectivity index (χ2n) is 3.47. The summed E-state index contributed by atoms with van der Waals surface area (Å²) >= 11 is 0.549. The molecule has 96 valence electrons. The summed E-state index contributed by atoms with van der Waals surface area (Å²) in [5.74, 6) is 0.282. The zero-order valence-corrected chi connectivity index (χ0v) is 10.1. The van der Waals surface area contributed by atoms with Crippen molar-refractivity contribution < 1.29 is 13.2 Å². The molecule has 0 radical (unpaired) electrons. The Labute approximate surface area is 105 Å². The SMILES string of the molecule is CCc1c(N)ncnc1-c1cnc(C(F)(F)F)s1. The molecule has 0 aliphatic carbocycles. The summed E-state index contributed by atoms with van der Waals surface area (Å²) < 4.78 is 37.4. The van der Waals surface area contributed by atoms with E-state index in [1.54, 1.807) is 0 Å². The highest BCUT2D eigenvalue weighted by molar-refractivity contribution is 7.15. The van der Waals surface area contributed by atoms with Crippen LogP contribution in [0.2, 0.25) is 0 Å². The van der Waals surface area contributed by atoms with Gasteiger partial charge < -0.3 is 5.73 Å². The fourth-order valence-electron chi connectivity index (χ4n) is 1.50. The molecule has 0 aromatic carbocycles. The van der Waals surface area contributed by atoms with Gasteiger partial charge in [-0.3, -0.25) is 0 Å². The number of thiazole rings is 1. The number of nitrogens with two attached hydrogens (primary N) is 1. The van der Waals surface area contributed by atoms with Gasteiger partial charge in [0.25, 0.3) is 0 Å². The maximum atomic E-state index is 12.5. The van der Waals surface area contributed by atoms with Crippen LogP contribution in [0.4, 0.5) is 19.0 Å². The maximum absolute atomic E-state index is 12.5. The number of anilines is 1. The summed E-state index contributed by atoms with van der Waals surface area (Å²) in [6.45, 7) is 1.84. The second-order valence-corrected chi connectivity index (χ2v) is 4.50. The molecule has 18 heavy (non-hydrogen) atoms. The van der Waals surface area contributed by atoms with E-state index in [4.69, 9.17) is 5.73 Å². The van der Waals surface area contributed by atoms with Crippen molar-refractivity contribution in [2.24, 2.45) is 0 Å². The average molecular weight is 274 g/mol. The zero-order valence-electron chi connectivity index (χ0n) is 9.32. The monoisotopic (exact) mass is 274 g/mol. The molecule has 0 spiro atoms. The van der Waals surface area contributed by atoms with Crippen molar-refractivity contribution in [3.05, 3.63) is 23.1 Å². The van der Waals surface area contributed by atoms with Gasteiger partial charge >= 0.3 is 6.18 Å². The number of hydrogen-bond donors (Lipinski definition) is 1. The molecule has 4 nitrogen and oxygen atoms in total. The summed E-state index contributed by atoms with van der Waals surface area (Å²) in [6, 6.07) is 0. The number of hydrogen-bond acceptors (Lipinski definition) is 5. The Morgan fingerprint density at radius 2 is 2.00 bits per heavy atom. The molecular formula is C10H9F3N4S. The number of nitrogen functional groups attached to an aromatic ring is 1. The van der Waals surface area contributed by atoms with Gasteiger partial charge in [-0.15, -0.1) is 11.3 Å². The molecule has 2 aromatic heterocycles. The quantitative estimate of drug-likeness (QED) is 0.914. The van der Waals surface area contributed by atoms with Gasteiger partial charge in [0.2, 0.25) is 0 Å². The van der Waals surface area contributed by atoms with E-state index >= 15 is 0 Å². The minimum Gasteiger partial charge on any atom is -0.383 e. The summed E-state index contributed by atoms with van der Waals surface area (Å²) in [5, 5.41) is -0.892. The Bertz CT molecular complexity index is 564. The fraction of sp³-hybridized carbons (Fsp3) is 0.300. The number of aromatic nitrogens is 3.